The number of hydrogen-bond acceptors (Lipinski definition) is 2. The second kappa shape index (κ2) is 7.33. The van der Waals surface area contributed by atoms with Gasteiger partial charge >= 0.3 is 0 Å². The maximum atomic E-state index is 8.79. The van der Waals surface area contributed by atoms with Crippen molar-refractivity contribution in [2.24, 2.45) is 0 Å². The van der Waals surface area contributed by atoms with Crippen LogP contribution < -0.4 is 0 Å². The van der Waals surface area contributed by atoms with Gasteiger partial charge in [-0.25, -0.2) is 0 Å². The van der Waals surface area contributed by atoms with Gasteiger partial charge in [0.15, 0.2) is 0 Å². The second-order valence-corrected chi connectivity index (χ2v) is 5.45. The molecular weight excluding hydrogens is 234 g/mol. The summed E-state index contributed by atoms with van der Waals surface area (Å²) in [5.41, 5.74) is 2.50. The van der Waals surface area contributed by atoms with E-state index < -0.39 is 0 Å². The van der Waals surface area contributed by atoms with Crippen LogP contribution in [0.3, 0.4) is 0 Å². The van der Waals surface area contributed by atoms with Crippen LogP contribution in [0.2, 0.25) is 0 Å². The molecule has 2 heteroatoms. The Labute approximate surface area is 117 Å². The molecule has 0 aliphatic heterocycles. The zero-order chi connectivity index (χ0) is 14.3. The van der Waals surface area contributed by atoms with Gasteiger partial charge in [-0.05, 0) is 38.9 Å². The summed E-state index contributed by atoms with van der Waals surface area (Å²) in [5.74, 6) is 6.15. The van der Waals surface area contributed by atoms with Crippen LogP contribution in [0, 0.1) is 11.8 Å². The molecule has 1 rings (SSSR count). The van der Waals surface area contributed by atoms with Crippen LogP contribution in [0.1, 0.15) is 44.7 Å². The molecule has 0 bridgehead atoms. The molecule has 0 saturated carbocycles. The molecule has 0 unspecified atom stereocenters. The lowest BCUT2D eigenvalue weighted by Gasteiger charge is -2.35. The van der Waals surface area contributed by atoms with E-state index in [1.54, 1.807) is 0 Å². The van der Waals surface area contributed by atoms with E-state index >= 15 is 0 Å². The standard InChI is InChI=1S/C17H25NO/c1-5-17(2,3)18(4)14-16-12-7-6-10-15(16)11-8-9-13-19/h6-7,10,12,19H,5,9,13-14H2,1-4H3. The number of aliphatic hydroxyl groups excluding tert-OH is 1. The van der Waals surface area contributed by atoms with E-state index in [1.807, 2.05) is 12.1 Å². The van der Waals surface area contributed by atoms with E-state index in [-0.39, 0.29) is 12.1 Å². The summed E-state index contributed by atoms with van der Waals surface area (Å²) >= 11 is 0. The van der Waals surface area contributed by atoms with Gasteiger partial charge in [-0.15, -0.1) is 0 Å². The van der Waals surface area contributed by atoms with E-state index in [0.29, 0.717) is 6.42 Å². The maximum Gasteiger partial charge on any atom is 0.0540 e. The Bertz CT molecular complexity index is 454. The molecule has 0 saturated heterocycles. The molecule has 0 radical (unpaired) electrons. The smallest absolute Gasteiger partial charge is 0.0540 e. The van der Waals surface area contributed by atoms with Gasteiger partial charge in [0.05, 0.1) is 6.61 Å². The third-order valence-corrected chi connectivity index (χ3v) is 3.78. The lowest BCUT2D eigenvalue weighted by Crippen LogP contribution is -2.39. The first-order chi connectivity index (χ1) is 9.01. The molecule has 0 spiro atoms. The molecule has 0 aliphatic rings. The van der Waals surface area contributed by atoms with Gasteiger partial charge < -0.3 is 5.11 Å². The van der Waals surface area contributed by atoms with Gasteiger partial charge in [0.2, 0.25) is 0 Å². The molecule has 0 aliphatic carbocycles. The van der Waals surface area contributed by atoms with Crippen molar-refractivity contribution >= 4 is 0 Å². The van der Waals surface area contributed by atoms with Crippen molar-refractivity contribution in [1.29, 1.82) is 0 Å². The quantitative estimate of drug-likeness (QED) is 0.822. The SMILES string of the molecule is CCC(C)(C)N(C)Cc1ccccc1C#CCCO. The van der Waals surface area contributed by atoms with Crippen molar-refractivity contribution < 1.29 is 5.11 Å². The highest BCUT2D eigenvalue weighted by atomic mass is 16.2. The fourth-order valence-electron chi connectivity index (χ4n) is 1.73. The van der Waals surface area contributed by atoms with Gasteiger partial charge in [0.1, 0.15) is 0 Å². The highest BCUT2D eigenvalue weighted by molar-refractivity contribution is 5.41. The zero-order valence-electron chi connectivity index (χ0n) is 12.5. The maximum absolute atomic E-state index is 8.79. The third-order valence-electron chi connectivity index (χ3n) is 3.78. The summed E-state index contributed by atoms with van der Waals surface area (Å²) in [4.78, 5) is 2.36. The van der Waals surface area contributed by atoms with Crippen LogP contribution in [-0.4, -0.2) is 29.2 Å². The van der Waals surface area contributed by atoms with E-state index in [2.05, 4.69) is 56.7 Å². The third kappa shape index (κ3) is 4.70. The fourth-order valence-corrected chi connectivity index (χ4v) is 1.73. The molecule has 1 N–H and O–H groups in total. The number of benzene rings is 1. The number of nitrogens with zero attached hydrogens (tertiary/aromatic N) is 1. The molecule has 0 aromatic heterocycles. The average molecular weight is 259 g/mol. The molecule has 1 aromatic carbocycles. The van der Waals surface area contributed by atoms with Crippen LogP contribution in [-0.2, 0) is 6.54 Å². The summed E-state index contributed by atoms with van der Waals surface area (Å²) in [5, 5.41) is 8.79. The van der Waals surface area contributed by atoms with Crippen LogP contribution in [0.15, 0.2) is 24.3 Å². The van der Waals surface area contributed by atoms with Crippen molar-refractivity contribution in [3.8, 4) is 11.8 Å². The first-order valence-corrected chi connectivity index (χ1v) is 6.90. The molecule has 19 heavy (non-hydrogen) atoms. The summed E-state index contributed by atoms with van der Waals surface area (Å²) < 4.78 is 0. The fraction of sp³-hybridized carbons (Fsp3) is 0.529. The van der Waals surface area contributed by atoms with E-state index in [9.17, 15) is 0 Å². The highest BCUT2D eigenvalue weighted by Gasteiger charge is 2.21. The summed E-state index contributed by atoms with van der Waals surface area (Å²) in [6, 6.07) is 8.24. The lowest BCUT2D eigenvalue weighted by molar-refractivity contribution is 0.143. The van der Waals surface area contributed by atoms with Crippen LogP contribution in [0.5, 0.6) is 0 Å². The van der Waals surface area contributed by atoms with Crippen LogP contribution in [0.4, 0.5) is 0 Å². The van der Waals surface area contributed by atoms with Gasteiger partial charge in [-0.1, -0.05) is 37.0 Å². The van der Waals surface area contributed by atoms with E-state index in [1.165, 1.54) is 5.56 Å². The van der Waals surface area contributed by atoms with Crippen molar-refractivity contribution in [3.63, 3.8) is 0 Å². The van der Waals surface area contributed by atoms with Gasteiger partial charge in [0.25, 0.3) is 0 Å². The molecule has 0 fully saturated rings. The Morgan fingerprint density at radius 1 is 1.26 bits per heavy atom. The van der Waals surface area contributed by atoms with Crippen molar-refractivity contribution in [2.45, 2.75) is 45.7 Å². The Hall–Kier alpha value is -1.30. The first kappa shape index (κ1) is 15.8. The summed E-state index contributed by atoms with van der Waals surface area (Å²) in [7, 11) is 2.15. The van der Waals surface area contributed by atoms with Gasteiger partial charge in [0, 0.05) is 24.1 Å². The first-order valence-electron chi connectivity index (χ1n) is 6.90. The molecule has 0 amide bonds. The Kier molecular flexibility index (Phi) is 6.08. The Balaban J connectivity index is 2.87. The summed E-state index contributed by atoms with van der Waals surface area (Å²) in [6.07, 6.45) is 1.65. The highest BCUT2D eigenvalue weighted by Crippen LogP contribution is 2.20. The van der Waals surface area contributed by atoms with E-state index in [0.717, 1.165) is 18.5 Å². The number of hydrogen-bond donors (Lipinski definition) is 1. The number of aliphatic hydroxyl groups is 1. The van der Waals surface area contributed by atoms with Crippen LogP contribution in [0.25, 0.3) is 0 Å². The molecule has 0 atom stereocenters. The molecule has 1 aromatic rings. The Morgan fingerprint density at radius 2 is 1.95 bits per heavy atom. The van der Waals surface area contributed by atoms with E-state index in [4.69, 9.17) is 5.11 Å². The van der Waals surface area contributed by atoms with Gasteiger partial charge in [-0.3, -0.25) is 4.90 Å². The average Bonchev–Trinajstić information content (AvgIpc) is 2.41. The largest absolute Gasteiger partial charge is 0.395 e. The number of rotatable bonds is 5. The topological polar surface area (TPSA) is 23.5 Å². The predicted molar refractivity (Wildman–Crippen MR) is 80.9 cm³/mol. The van der Waals surface area contributed by atoms with Crippen molar-refractivity contribution in [2.75, 3.05) is 13.7 Å². The molecular formula is C17H25NO. The van der Waals surface area contributed by atoms with Crippen molar-refractivity contribution in [3.05, 3.63) is 35.4 Å². The monoisotopic (exact) mass is 259 g/mol. The molecule has 0 heterocycles. The van der Waals surface area contributed by atoms with Crippen LogP contribution >= 0.6 is 0 Å². The minimum absolute atomic E-state index is 0.123. The predicted octanol–water partition coefficient (Wildman–Crippen LogP) is 3.04. The summed E-state index contributed by atoms with van der Waals surface area (Å²) in [6.45, 7) is 7.74. The Morgan fingerprint density at radius 3 is 2.58 bits per heavy atom. The minimum atomic E-state index is 0.123. The lowest BCUT2D eigenvalue weighted by atomic mass is 9.98. The van der Waals surface area contributed by atoms with Crippen molar-refractivity contribution in [1.82, 2.24) is 4.90 Å². The normalized spacial score (nSPS) is 11.3. The second-order valence-electron chi connectivity index (χ2n) is 5.45. The molecule has 104 valence electrons. The molecule has 2 nitrogen and oxygen atoms in total. The van der Waals surface area contributed by atoms with Gasteiger partial charge in [-0.2, -0.15) is 0 Å². The zero-order valence-corrected chi connectivity index (χ0v) is 12.5. The minimum Gasteiger partial charge on any atom is -0.395 e.